The molecule has 5 rings (SSSR count). The summed E-state index contributed by atoms with van der Waals surface area (Å²) in [5.41, 5.74) is 3.98. The zero-order valence-corrected chi connectivity index (χ0v) is 15.3. The Labute approximate surface area is 158 Å². The monoisotopic (exact) mass is 374 g/mol. The van der Waals surface area contributed by atoms with E-state index in [2.05, 4.69) is 32.7 Å². The number of rotatable bonds is 4. The Morgan fingerprint density at radius 2 is 0.962 bits per heavy atom. The fourth-order valence-electron chi connectivity index (χ4n) is 2.78. The molecule has 0 aliphatic carbocycles. The smallest absolute Gasteiger partial charge is 0.188 e. The van der Waals surface area contributed by atoms with Crippen LogP contribution in [0.2, 0.25) is 0 Å². The quantitative estimate of drug-likeness (QED) is 0.382. The van der Waals surface area contributed by atoms with E-state index in [-0.39, 0.29) is 0 Å². The molecule has 26 heavy (non-hydrogen) atoms. The molecule has 4 nitrogen and oxygen atoms in total. The Hall–Kier alpha value is -2.96. The number of nitrogens with one attached hydrogen (secondary N) is 2. The van der Waals surface area contributed by atoms with Gasteiger partial charge in [0.1, 0.15) is 0 Å². The minimum Gasteiger partial charge on any atom is -0.330 e. The van der Waals surface area contributed by atoms with E-state index in [0.717, 1.165) is 32.7 Å². The standard InChI is InChI=1S/C20H14N4S2/c1-2-8-14(22-20-24-16-10-4-6-12-18(16)26-20)13(7-1)21-19-23-15-9-3-5-11-17(15)25-19/h1-12H,(H,21,23)(H,22,24). The zero-order chi connectivity index (χ0) is 17.3. The molecule has 2 heterocycles. The second kappa shape index (κ2) is 6.40. The number of hydrogen-bond acceptors (Lipinski definition) is 6. The van der Waals surface area contributed by atoms with Crippen LogP contribution < -0.4 is 10.6 Å². The number of nitrogens with zero attached hydrogens (tertiary/aromatic N) is 2. The maximum Gasteiger partial charge on any atom is 0.188 e. The second-order valence-electron chi connectivity index (χ2n) is 5.77. The third-order valence-corrected chi connectivity index (χ3v) is 5.90. The van der Waals surface area contributed by atoms with E-state index in [9.17, 15) is 0 Å². The van der Waals surface area contributed by atoms with Crippen molar-refractivity contribution in [2.75, 3.05) is 10.6 Å². The van der Waals surface area contributed by atoms with Gasteiger partial charge in [0.25, 0.3) is 0 Å². The molecule has 2 N–H and O–H groups in total. The fraction of sp³-hybridized carbons (Fsp3) is 0. The minimum atomic E-state index is 0.879. The van der Waals surface area contributed by atoms with Crippen molar-refractivity contribution < 1.29 is 0 Å². The number of fused-ring (bicyclic) bond motifs is 2. The van der Waals surface area contributed by atoms with Crippen LogP contribution in [0.1, 0.15) is 0 Å². The average Bonchev–Trinajstić information content (AvgIpc) is 3.26. The third kappa shape index (κ3) is 2.89. The van der Waals surface area contributed by atoms with Gasteiger partial charge in [0.05, 0.1) is 31.8 Å². The summed E-state index contributed by atoms with van der Waals surface area (Å²) in [6, 6.07) is 24.4. The molecule has 6 heteroatoms. The van der Waals surface area contributed by atoms with Gasteiger partial charge >= 0.3 is 0 Å². The summed E-state index contributed by atoms with van der Waals surface area (Å²) in [6.07, 6.45) is 0. The number of para-hydroxylation sites is 4. The molecule has 0 unspecified atom stereocenters. The molecule has 0 spiro atoms. The molecule has 0 radical (unpaired) electrons. The van der Waals surface area contributed by atoms with E-state index in [1.165, 1.54) is 9.40 Å². The Morgan fingerprint density at radius 1 is 0.538 bits per heavy atom. The molecule has 5 aromatic rings. The number of thiazole rings is 2. The summed E-state index contributed by atoms with van der Waals surface area (Å²) < 4.78 is 2.35. The second-order valence-corrected chi connectivity index (χ2v) is 7.83. The molecule has 0 fully saturated rings. The number of aromatic nitrogens is 2. The van der Waals surface area contributed by atoms with E-state index in [1.54, 1.807) is 22.7 Å². The normalized spacial score (nSPS) is 11.1. The van der Waals surface area contributed by atoms with Crippen LogP contribution in [0.25, 0.3) is 20.4 Å². The molecule has 0 saturated carbocycles. The first kappa shape index (κ1) is 15.3. The van der Waals surface area contributed by atoms with Crippen LogP contribution in [0, 0.1) is 0 Å². The van der Waals surface area contributed by atoms with Crippen molar-refractivity contribution in [3.63, 3.8) is 0 Å². The first-order chi connectivity index (χ1) is 12.8. The summed E-state index contributed by atoms with van der Waals surface area (Å²) in [6.45, 7) is 0. The van der Waals surface area contributed by atoms with Crippen molar-refractivity contribution in [2.45, 2.75) is 0 Å². The van der Waals surface area contributed by atoms with Crippen LogP contribution >= 0.6 is 22.7 Å². The van der Waals surface area contributed by atoms with Crippen LogP contribution in [0.15, 0.2) is 72.8 Å². The lowest BCUT2D eigenvalue weighted by Gasteiger charge is -2.10. The highest BCUT2D eigenvalue weighted by Crippen LogP contribution is 2.34. The van der Waals surface area contributed by atoms with Crippen molar-refractivity contribution >= 4 is 64.7 Å². The SMILES string of the molecule is c1ccc(Nc2nc3ccccc3s2)c(Nc2nc3ccccc3s2)c1. The summed E-state index contributed by atoms with van der Waals surface area (Å²) in [4.78, 5) is 9.32. The molecule has 0 atom stereocenters. The Kier molecular flexibility index (Phi) is 3.77. The lowest BCUT2D eigenvalue weighted by Crippen LogP contribution is -1.96. The first-order valence-corrected chi connectivity index (χ1v) is 9.83. The van der Waals surface area contributed by atoms with Gasteiger partial charge in [-0.3, -0.25) is 0 Å². The van der Waals surface area contributed by atoms with Crippen molar-refractivity contribution in [1.82, 2.24) is 9.97 Å². The van der Waals surface area contributed by atoms with Gasteiger partial charge in [0.15, 0.2) is 10.3 Å². The molecule has 0 saturated heterocycles. The molecule has 0 amide bonds. The van der Waals surface area contributed by atoms with E-state index >= 15 is 0 Å². The van der Waals surface area contributed by atoms with E-state index < -0.39 is 0 Å². The van der Waals surface area contributed by atoms with Gasteiger partial charge in [-0.1, -0.05) is 59.1 Å². The predicted octanol–water partition coefficient (Wildman–Crippen LogP) is 6.39. The molecular weight excluding hydrogens is 360 g/mol. The van der Waals surface area contributed by atoms with E-state index in [0.29, 0.717) is 0 Å². The number of hydrogen-bond donors (Lipinski definition) is 2. The maximum atomic E-state index is 4.66. The Balaban J connectivity index is 1.46. The molecule has 0 bridgehead atoms. The Morgan fingerprint density at radius 3 is 1.42 bits per heavy atom. The largest absolute Gasteiger partial charge is 0.330 e. The van der Waals surface area contributed by atoms with Crippen LogP contribution in [0.3, 0.4) is 0 Å². The summed E-state index contributed by atoms with van der Waals surface area (Å²) in [7, 11) is 0. The summed E-state index contributed by atoms with van der Waals surface area (Å²) >= 11 is 3.30. The van der Waals surface area contributed by atoms with Crippen molar-refractivity contribution in [1.29, 1.82) is 0 Å². The first-order valence-electron chi connectivity index (χ1n) is 8.19. The molecule has 2 aromatic heterocycles. The lowest BCUT2D eigenvalue weighted by molar-refractivity contribution is 1.41. The van der Waals surface area contributed by atoms with Crippen LogP contribution in [-0.2, 0) is 0 Å². The van der Waals surface area contributed by atoms with E-state index in [1.807, 2.05) is 60.7 Å². The van der Waals surface area contributed by atoms with Crippen LogP contribution in [0.4, 0.5) is 21.6 Å². The van der Waals surface area contributed by atoms with Crippen LogP contribution in [0.5, 0.6) is 0 Å². The number of benzene rings is 3. The highest BCUT2D eigenvalue weighted by atomic mass is 32.1. The number of anilines is 4. The van der Waals surface area contributed by atoms with Gasteiger partial charge in [0.2, 0.25) is 0 Å². The molecule has 0 aliphatic rings. The van der Waals surface area contributed by atoms with Gasteiger partial charge in [-0.25, -0.2) is 9.97 Å². The van der Waals surface area contributed by atoms with Gasteiger partial charge < -0.3 is 10.6 Å². The average molecular weight is 374 g/mol. The van der Waals surface area contributed by atoms with Crippen molar-refractivity contribution in [2.24, 2.45) is 0 Å². The predicted molar refractivity (Wildman–Crippen MR) is 112 cm³/mol. The third-order valence-electron chi connectivity index (χ3n) is 4.00. The lowest BCUT2D eigenvalue weighted by atomic mass is 10.2. The maximum absolute atomic E-state index is 4.66. The molecule has 126 valence electrons. The molecule has 0 aliphatic heterocycles. The van der Waals surface area contributed by atoms with Crippen molar-refractivity contribution in [3.8, 4) is 0 Å². The zero-order valence-electron chi connectivity index (χ0n) is 13.6. The summed E-state index contributed by atoms with van der Waals surface area (Å²) in [5, 5.41) is 8.63. The highest BCUT2D eigenvalue weighted by molar-refractivity contribution is 7.22. The minimum absolute atomic E-state index is 0.879. The van der Waals surface area contributed by atoms with Gasteiger partial charge in [0, 0.05) is 0 Å². The van der Waals surface area contributed by atoms with Gasteiger partial charge in [-0.05, 0) is 36.4 Å². The highest BCUT2D eigenvalue weighted by Gasteiger charge is 2.09. The Bertz CT molecular complexity index is 1050. The fourth-order valence-corrected chi connectivity index (χ4v) is 4.54. The molecule has 3 aromatic carbocycles. The van der Waals surface area contributed by atoms with Gasteiger partial charge in [-0.2, -0.15) is 0 Å². The van der Waals surface area contributed by atoms with Crippen LogP contribution in [-0.4, -0.2) is 9.97 Å². The van der Waals surface area contributed by atoms with E-state index in [4.69, 9.17) is 0 Å². The topological polar surface area (TPSA) is 49.8 Å². The van der Waals surface area contributed by atoms with Crippen molar-refractivity contribution in [3.05, 3.63) is 72.8 Å². The molecular formula is C20H14N4S2. The summed E-state index contributed by atoms with van der Waals surface area (Å²) in [5.74, 6) is 0. The van der Waals surface area contributed by atoms with Gasteiger partial charge in [-0.15, -0.1) is 0 Å².